The standard InChI is InChI=1S/C39H25NO/c1-3-27-33(4-2)40-38-32-19-11-12-20-34(32)41-39(38)37(27)36-30-17-9-7-15-28(30)35(29-16-8-10-18-31(29)36)26-22-21-24-13-5-6-14-25(24)23-26/h3-23H,1-2H2. The minimum Gasteiger partial charge on any atom is -0.454 e. The number of rotatable bonds is 4. The molecular formula is C39H25NO. The van der Waals surface area contributed by atoms with Crippen molar-refractivity contribution in [1.82, 2.24) is 4.98 Å². The first-order valence-corrected chi connectivity index (χ1v) is 13.8. The van der Waals surface area contributed by atoms with Crippen LogP contribution in [0.3, 0.4) is 0 Å². The molecule has 2 nitrogen and oxygen atoms in total. The van der Waals surface area contributed by atoms with Crippen molar-refractivity contribution < 1.29 is 4.42 Å². The van der Waals surface area contributed by atoms with Crippen LogP contribution in [0.2, 0.25) is 0 Å². The van der Waals surface area contributed by atoms with E-state index >= 15 is 0 Å². The SMILES string of the molecule is C=Cc1nc2c(oc3ccccc32)c(-c2c3ccccc3c(-c3ccc4ccccc4c3)c3ccccc23)c1C=C. The summed E-state index contributed by atoms with van der Waals surface area (Å²) in [6, 6.07) is 40.8. The molecule has 2 heteroatoms. The van der Waals surface area contributed by atoms with Crippen molar-refractivity contribution in [3.8, 4) is 22.3 Å². The van der Waals surface area contributed by atoms with Gasteiger partial charge in [-0.2, -0.15) is 0 Å². The largest absolute Gasteiger partial charge is 0.454 e. The summed E-state index contributed by atoms with van der Waals surface area (Å²) in [6.45, 7) is 8.32. The average Bonchev–Trinajstić information content (AvgIpc) is 3.41. The van der Waals surface area contributed by atoms with Crippen LogP contribution >= 0.6 is 0 Å². The Morgan fingerprint density at radius 1 is 0.537 bits per heavy atom. The Hall–Kier alpha value is -5.47. The molecule has 0 aliphatic heterocycles. The number of para-hydroxylation sites is 1. The number of benzene rings is 6. The summed E-state index contributed by atoms with van der Waals surface area (Å²) >= 11 is 0. The lowest BCUT2D eigenvalue weighted by Gasteiger charge is -2.20. The van der Waals surface area contributed by atoms with Crippen LogP contribution in [0.4, 0.5) is 0 Å². The van der Waals surface area contributed by atoms with Crippen LogP contribution in [-0.4, -0.2) is 4.98 Å². The third-order valence-corrected chi connectivity index (χ3v) is 8.19. The molecule has 0 amide bonds. The second kappa shape index (κ2) is 9.04. The number of fused-ring (bicyclic) bond motifs is 6. The third kappa shape index (κ3) is 3.41. The molecule has 2 aromatic heterocycles. The van der Waals surface area contributed by atoms with Gasteiger partial charge in [0.05, 0.1) is 5.69 Å². The molecule has 8 aromatic rings. The fourth-order valence-electron chi connectivity index (χ4n) is 6.41. The van der Waals surface area contributed by atoms with Crippen LogP contribution in [0.25, 0.3) is 88.8 Å². The Balaban J connectivity index is 1.59. The van der Waals surface area contributed by atoms with Crippen molar-refractivity contribution in [2.45, 2.75) is 0 Å². The predicted molar refractivity (Wildman–Crippen MR) is 175 cm³/mol. The Bertz CT molecular complexity index is 2300. The molecule has 0 saturated carbocycles. The molecule has 192 valence electrons. The van der Waals surface area contributed by atoms with Gasteiger partial charge in [-0.05, 0) is 67.7 Å². The lowest BCUT2D eigenvalue weighted by atomic mass is 9.84. The van der Waals surface area contributed by atoms with Gasteiger partial charge in [0.1, 0.15) is 11.1 Å². The number of aromatic nitrogens is 1. The van der Waals surface area contributed by atoms with E-state index in [2.05, 4.69) is 110 Å². The molecule has 0 atom stereocenters. The number of hydrogen-bond acceptors (Lipinski definition) is 2. The molecule has 8 rings (SSSR count). The first-order chi connectivity index (χ1) is 20.3. The zero-order valence-corrected chi connectivity index (χ0v) is 22.4. The molecule has 0 saturated heterocycles. The van der Waals surface area contributed by atoms with E-state index in [0.29, 0.717) is 0 Å². The average molecular weight is 524 g/mol. The Kier molecular flexibility index (Phi) is 5.16. The molecule has 0 radical (unpaired) electrons. The van der Waals surface area contributed by atoms with Crippen LogP contribution in [0.15, 0.2) is 133 Å². The molecule has 0 spiro atoms. The summed E-state index contributed by atoms with van der Waals surface area (Å²) in [5.41, 5.74) is 8.66. The van der Waals surface area contributed by atoms with Crippen molar-refractivity contribution in [3.05, 3.63) is 140 Å². The van der Waals surface area contributed by atoms with Crippen molar-refractivity contribution >= 4 is 66.5 Å². The third-order valence-electron chi connectivity index (χ3n) is 8.19. The van der Waals surface area contributed by atoms with Crippen molar-refractivity contribution in [2.24, 2.45) is 0 Å². The highest BCUT2D eigenvalue weighted by atomic mass is 16.3. The van der Waals surface area contributed by atoms with Crippen LogP contribution < -0.4 is 0 Å². The molecule has 0 aliphatic rings. The zero-order chi connectivity index (χ0) is 27.5. The normalized spacial score (nSPS) is 11.6. The van der Waals surface area contributed by atoms with Crippen molar-refractivity contribution in [1.29, 1.82) is 0 Å². The van der Waals surface area contributed by atoms with E-state index in [0.717, 1.165) is 55.2 Å². The smallest absolute Gasteiger partial charge is 0.162 e. The fraction of sp³-hybridized carbons (Fsp3) is 0. The van der Waals surface area contributed by atoms with Gasteiger partial charge in [0, 0.05) is 22.1 Å². The van der Waals surface area contributed by atoms with E-state index in [4.69, 9.17) is 9.40 Å². The second-order valence-corrected chi connectivity index (χ2v) is 10.4. The maximum absolute atomic E-state index is 6.60. The Morgan fingerprint density at radius 2 is 1.12 bits per heavy atom. The summed E-state index contributed by atoms with van der Waals surface area (Å²) in [4.78, 5) is 5.01. The fourth-order valence-corrected chi connectivity index (χ4v) is 6.41. The molecule has 0 bridgehead atoms. The molecule has 0 N–H and O–H groups in total. The van der Waals surface area contributed by atoms with Gasteiger partial charge < -0.3 is 4.42 Å². The molecule has 2 heterocycles. The quantitative estimate of drug-likeness (QED) is 0.214. The van der Waals surface area contributed by atoms with E-state index in [1.807, 2.05) is 30.4 Å². The van der Waals surface area contributed by atoms with Gasteiger partial charge in [0.15, 0.2) is 5.58 Å². The molecule has 0 fully saturated rings. The lowest BCUT2D eigenvalue weighted by molar-refractivity contribution is 0.669. The van der Waals surface area contributed by atoms with E-state index in [-0.39, 0.29) is 0 Å². The summed E-state index contributed by atoms with van der Waals surface area (Å²) in [5, 5.41) is 8.13. The number of hydrogen-bond donors (Lipinski definition) is 0. The number of furan rings is 1. The zero-order valence-electron chi connectivity index (χ0n) is 22.4. The van der Waals surface area contributed by atoms with Gasteiger partial charge in [-0.25, -0.2) is 4.98 Å². The van der Waals surface area contributed by atoms with Gasteiger partial charge in [0.2, 0.25) is 0 Å². The minimum atomic E-state index is 0.764. The molecule has 0 unspecified atom stereocenters. The van der Waals surface area contributed by atoms with Gasteiger partial charge in [-0.1, -0.05) is 116 Å². The van der Waals surface area contributed by atoms with Crippen LogP contribution in [0, 0.1) is 0 Å². The first kappa shape index (κ1) is 23.4. The van der Waals surface area contributed by atoms with E-state index in [1.54, 1.807) is 0 Å². The van der Waals surface area contributed by atoms with E-state index in [1.165, 1.54) is 32.7 Å². The van der Waals surface area contributed by atoms with Crippen LogP contribution in [0.1, 0.15) is 11.3 Å². The first-order valence-electron chi connectivity index (χ1n) is 13.8. The van der Waals surface area contributed by atoms with Gasteiger partial charge in [-0.15, -0.1) is 0 Å². The number of nitrogens with zero attached hydrogens (tertiary/aromatic N) is 1. The van der Waals surface area contributed by atoms with E-state index in [9.17, 15) is 0 Å². The summed E-state index contributed by atoms with van der Waals surface area (Å²) in [7, 11) is 0. The second-order valence-electron chi connectivity index (χ2n) is 10.4. The van der Waals surface area contributed by atoms with Gasteiger partial charge in [-0.3, -0.25) is 0 Å². The summed E-state index contributed by atoms with van der Waals surface area (Å²) in [6.07, 6.45) is 3.70. The molecule has 0 aliphatic carbocycles. The molecule has 41 heavy (non-hydrogen) atoms. The minimum absolute atomic E-state index is 0.764. The number of pyridine rings is 1. The molecule has 6 aromatic carbocycles. The lowest BCUT2D eigenvalue weighted by Crippen LogP contribution is -1.96. The monoisotopic (exact) mass is 523 g/mol. The predicted octanol–water partition coefficient (Wildman–Crippen LogP) is 11.1. The Morgan fingerprint density at radius 3 is 1.78 bits per heavy atom. The van der Waals surface area contributed by atoms with E-state index < -0.39 is 0 Å². The van der Waals surface area contributed by atoms with Crippen LogP contribution in [0.5, 0.6) is 0 Å². The maximum atomic E-state index is 6.60. The highest BCUT2D eigenvalue weighted by Crippen LogP contribution is 2.48. The summed E-state index contributed by atoms with van der Waals surface area (Å²) in [5.74, 6) is 0. The van der Waals surface area contributed by atoms with Crippen molar-refractivity contribution in [3.63, 3.8) is 0 Å². The summed E-state index contributed by atoms with van der Waals surface area (Å²) < 4.78 is 6.60. The highest BCUT2D eigenvalue weighted by Gasteiger charge is 2.24. The van der Waals surface area contributed by atoms with Crippen molar-refractivity contribution in [2.75, 3.05) is 0 Å². The molecular weight excluding hydrogens is 498 g/mol. The topological polar surface area (TPSA) is 26.0 Å². The van der Waals surface area contributed by atoms with Gasteiger partial charge >= 0.3 is 0 Å². The maximum Gasteiger partial charge on any atom is 0.162 e. The van der Waals surface area contributed by atoms with Crippen LogP contribution in [-0.2, 0) is 0 Å². The van der Waals surface area contributed by atoms with Gasteiger partial charge in [0.25, 0.3) is 0 Å². The highest BCUT2D eigenvalue weighted by molar-refractivity contribution is 6.25. The Labute approximate surface area is 237 Å².